The summed E-state index contributed by atoms with van der Waals surface area (Å²) >= 11 is 11.9. The number of amides is 1. The number of halogens is 2. The fourth-order valence-corrected chi connectivity index (χ4v) is 4.66. The van der Waals surface area contributed by atoms with Crippen LogP contribution in [0.5, 0.6) is 0 Å². The van der Waals surface area contributed by atoms with Gasteiger partial charge in [-0.05, 0) is 37.0 Å². The van der Waals surface area contributed by atoms with Gasteiger partial charge in [-0.2, -0.15) is 0 Å². The lowest BCUT2D eigenvalue weighted by Crippen LogP contribution is -2.38. The fourth-order valence-electron chi connectivity index (χ4n) is 2.64. The Labute approximate surface area is 153 Å². The minimum atomic E-state index is -3.33. The largest absolute Gasteiger partial charge is 0.356 e. The van der Waals surface area contributed by atoms with Crippen molar-refractivity contribution in [1.82, 2.24) is 9.62 Å². The number of carbonyl (C=O) groups is 1. The van der Waals surface area contributed by atoms with Crippen molar-refractivity contribution in [3.05, 3.63) is 33.8 Å². The molecule has 2 rings (SSSR count). The van der Waals surface area contributed by atoms with Crippen molar-refractivity contribution in [2.75, 3.05) is 25.4 Å². The molecule has 8 heteroatoms. The van der Waals surface area contributed by atoms with Crippen LogP contribution in [0.25, 0.3) is 0 Å². The van der Waals surface area contributed by atoms with E-state index in [2.05, 4.69) is 5.32 Å². The second-order valence-corrected chi connectivity index (χ2v) is 8.79. The number of carbonyl (C=O) groups excluding carboxylic acids is 1. The predicted molar refractivity (Wildman–Crippen MR) is 97.0 cm³/mol. The molecule has 5 nitrogen and oxygen atoms in total. The fraction of sp³-hybridized carbons (Fsp3) is 0.562. The Balaban J connectivity index is 1.73. The number of nitrogens with zero attached hydrogens (tertiary/aromatic N) is 1. The van der Waals surface area contributed by atoms with E-state index in [1.807, 2.05) is 6.07 Å². The van der Waals surface area contributed by atoms with Gasteiger partial charge in [0.25, 0.3) is 0 Å². The molecule has 1 aromatic rings. The number of sulfonamides is 1. The highest BCUT2D eigenvalue weighted by Crippen LogP contribution is 2.21. The van der Waals surface area contributed by atoms with Crippen LogP contribution in [-0.4, -0.2) is 44.0 Å². The van der Waals surface area contributed by atoms with Crippen molar-refractivity contribution >= 4 is 39.1 Å². The average Bonchev–Trinajstić information content (AvgIpc) is 2.56. The van der Waals surface area contributed by atoms with Crippen LogP contribution >= 0.6 is 23.2 Å². The monoisotopic (exact) mass is 392 g/mol. The molecule has 0 aromatic heterocycles. The molecule has 24 heavy (non-hydrogen) atoms. The lowest BCUT2D eigenvalue weighted by Gasteiger charge is -2.25. The van der Waals surface area contributed by atoms with Gasteiger partial charge in [0.1, 0.15) is 0 Å². The average molecular weight is 393 g/mol. The number of benzene rings is 1. The molecule has 134 valence electrons. The zero-order valence-corrected chi connectivity index (χ0v) is 15.8. The van der Waals surface area contributed by atoms with Crippen LogP contribution in [0, 0.1) is 0 Å². The molecule has 1 amide bonds. The lowest BCUT2D eigenvalue weighted by molar-refractivity contribution is -0.120. The highest BCUT2D eigenvalue weighted by molar-refractivity contribution is 7.89. The molecule has 0 saturated carbocycles. The Morgan fingerprint density at radius 1 is 1.17 bits per heavy atom. The summed E-state index contributed by atoms with van der Waals surface area (Å²) in [4.78, 5) is 11.9. The SMILES string of the molecule is O=C(CCS(=O)(=O)N1CCCCC1)NCCc1ccc(Cl)cc1Cl. The van der Waals surface area contributed by atoms with Crippen LogP contribution < -0.4 is 5.32 Å². The predicted octanol–water partition coefficient (Wildman–Crippen LogP) is 2.86. The normalized spacial score (nSPS) is 16.1. The summed E-state index contributed by atoms with van der Waals surface area (Å²) in [6, 6.07) is 5.22. The second-order valence-electron chi connectivity index (χ2n) is 5.86. The topological polar surface area (TPSA) is 66.5 Å². The van der Waals surface area contributed by atoms with Gasteiger partial charge in [-0.15, -0.1) is 0 Å². The molecule has 1 saturated heterocycles. The summed E-state index contributed by atoms with van der Waals surface area (Å²) in [5, 5.41) is 3.86. The molecule has 0 spiro atoms. The number of nitrogens with one attached hydrogen (secondary N) is 1. The maximum atomic E-state index is 12.2. The van der Waals surface area contributed by atoms with E-state index in [0.717, 1.165) is 24.8 Å². The van der Waals surface area contributed by atoms with E-state index >= 15 is 0 Å². The Morgan fingerprint density at radius 2 is 1.88 bits per heavy atom. The standard InChI is InChI=1S/C16H22Cl2N2O3S/c17-14-5-4-13(15(18)12-14)6-8-19-16(21)7-11-24(22,23)20-9-2-1-3-10-20/h4-5,12H,1-3,6-11H2,(H,19,21). The number of rotatable bonds is 7. The van der Waals surface area contributed by atoms with Crippen LogP contribution in [0.4, 0.5) is 0 Å². The van der Waals surface area contributed by atoms with Crippen LogP contribution in [-0.2, 0) is 21.2 Å². The van der Waals surface area contributed by atoms with Crippen molar-refractivity contribution in [3.8, 4) is 0 Å². The third-order valence-corrected chi connectivity index (χ3v) is 6.49. The van der Waals surface area contributed by atoms with Gasteiger partial charge in [-0.25, -0.2) is 12.7 Å². The molecule has 1 aromatic carbocycles. The highest BCUT2D eigenvalue weighted by atomic mass is 35.5. The van der Waals surface area contributed by atoms with E-state index in [1.165, 1.54) is 4.31 Å². The van der Waals surface area contributed by atoms with E-state index in [9.17, 15) is 13.2 Å². The molecule has 1 fully saturated rings. The molecular weight excluding hydrogens is 371 g/mol. The summed E-state index contributed by atoms with van der Waals surface area (Å²) in [7, 11) is -3.33. The summed E-state index contributed by atoms with van der Waals surface area (Å²) in [5.41, 5.74) is 0.891. The third kappa shape index (κ3) is 5.92. The van der Waals surface area contributed by atoms with Gasteiger partial charge in [0, 0.05) is 36.1 Å². The Hall–Kier alpha value is -0.820. The van der Waals surface area contributed by atoms with Gasteiger partial charge in [0.2, 0.25) is 15.9 Å². The van der Waals surface area contributed by atoms with Crippen LogP contribution in [0.3, 0.4) is 0 Å². The first kappa shape index (κ1) is 19.5. The van der Waals surface area contributed by atoms with Gasteiger partial charge in [0.05, 0.1) is 5.75 Å². The first-order valence-electron chi connectivity index (χ1n) is 8.07. The summed E-state index contributed by atoms with van der Waals surface area (Å²) < 4.78 is 25.9. The van der Waals surface area contributed by atoms with Gasteiger partial charge in [0.15, 0.2) is 0 Å². The molecule has 0 unspecified atom stereocenters. The van der Waals surface area contributed by atoms with Gasteiger partial charge >= 0.3 is 0 Å². The molecule has 1 aliphatic rings. The quantitative estimate of drug-likeness (QED) is 0.775. The molecule has 0 aliphatic carbocycles. The first-order valence-corrected chi connectivity index (χ1v) is 10.4. The zero-order chi connectivity index (χ0) is 17.6. The van der Waals surface area contributed by atoms with Crippen molar-refractivity contribution < 1.29 is 13.2 Å². The highest BCUT2D eigenvalue weighted by Gasteiger charge is 2.24. The van der Waals surface area contributed by atoms with Crippen LogP contribution in [0.1, 0.15) is 31.2 Å². The van der Waals surface area contributed by atoms with Crippen molar-refractivity contribution in [2.45, 2.75) is 32.1 Å². The van der Waals surface area contributed by atoms with E-state index in [-0.39, 0.29) is 18.1 Å². The number of hydrogen-bond donors (Lipinski definition) is 1. The minimum absolute atomic E-state index is 0.0207. The van der Waals surface area contributed by atoms with Gasteiger partial charge < -0.3 is 5.32 Å². The van der Waals surface area contributed by atoms with E-state index in [0.29, 0.717) is 36.1 Å². The molecule has 1 aliphatic heterocycles. The van der Waals surface area contributed by atoms with Crippen LogP contribution in [0.15, 0.2) is 18.2 Å². The Kier molecular flexibility index (Phi) is 7.34. The summed E-state index contributed by atoms with van der Waals surface area (Å²) in [5.74, 6) is -0.402. The lowest BCUT2D eigenvalue weighted by atomic mass is 10.1. The van der Waals surface area contributed by atoms with Crippen molar-refractivity contribution in [1.29, 1.82) is 0 Å². The number of piperidine rings is 1. The molecule has 0 radical (unpaired) electrons. The molecule has 0 bridgehead atoms. The molecular formula is C16H22Cl2N2O3S. The molecule has 1 heterocycles. The van der Waals surface area contributed by atoms with Gasteiger partial charge in [-0.1, -0.05) is 35.7 Å². The number of hydrogen-bond acceptors (Lipinski definition) is 3. The first-order chi connectivity index (χ1) is 11.4. The smallest absolute Gasteiger partial charge is 0.221 e. The third-order valence-electron chi connectivity index (χ3n) is 4.03. The maximum absolute atomic E-state index is 12.2. The summed E-state index contributed by atoms with van der Waals surface area (Å²) in [6.45, 7) is 1.54. The van der Waals surface area contributed by atoms with Crippen molar-refractivity contribution in [3.63, 3.8) is 0 Å². The minimum Gasteiger partial charge on any atom is -0.356 e. The zero-order valence-electron chi connectivity index (χ0n) is 13.4. The Bertz CT molecular complexity index is 674. The van der Waals surface area contributed by atoms with Crippen LogP contribution in [0.2, 0.25) is 10.0 Å². The maximum Gasteiger partial charge on any atom is 0.221 e. The van der Waals surface area contributed by atoms with E-state index in [4.69, 9.17) is 23.2 Å². The Morgan fingerprint density at radius 3 is 2.54 bits per heavy atom. The molecule has 1 N–H and O–H groups in total. The molecule has 0 atom stereocenters. The van der Waals surface area contributed by atoms with E-state index < -0.39 is 10.0 Å². The van der Waals surface area contributed by atoms with E-state index in [1.54, 1.807) is 12.1 Å². The van der Waals surface area contributed by atoms with Crippen molar-refractivity contribution in [2.24, 2.45) is 0 Å². The van der Waals surface area contributed by atoms with Gasteiger partial charge in [-0.3, -0.25) is 4.79 Å². The second kappa shape index (κ2) is 9.04. The summed E-state index contributed by atoms with van der Waals surface area (Å²) in [6.07, 6.45) is 3.41.